The summed E-state index contributed by atoms with van der Waals surface area (Å²) in [7, 11) is 1.25. The first-order chi connectivity index (χ1) is 32.5. The van der Waals surface area contributed by atoms with Crippen molar-refractivity contribution in [3.05, 3.63) is 48.6 Å². The molecule has 0 aliphatic heterocycles. The molecule has 3 unspecified atom stereocenters. The van der Waals surface area contributed by atoms with Gasteiger partial charge >= 0.3 is 0 Å². The molecule has 0 aromatic rings. The summed E-state index contributed by atoms with van der Waals surface area (Å²) < 4.78 is 23.3. The number of hydrogen-bond donors (Lipinski definition) is 2. The third-order valence-corrected chi connectivity index (χ3v) is 13.8. The Kier molecular flexibility index (Phi) is 48.3. The van der Waals surface area contributed by atoms with E-state index in [1.54, 1.807) is 6.08 Å². The first kappa shape index (κ1) is 65.5. The minimum Gasteiger partial charge on any atom is -0.756 e. The molecule has 0 fully saturated rings. The molecule has 1 amide bonds. The summed E-state index contributed by atoms with van der Waals surface area (Å²) in [5, 5.41) is 13.9. The number of quaternary nitrogens is 1. The number of carbonyl (C=O) groups excluding carboxylic acids is 1. The van der Waals surface area contributed by atoms with Gasteiger partial charge in [-0.15, -0.1) is 0 Å². The van der Waals surface area contributed by atoms with Crippen LogP contribution in [0.5, 0.6) is 0 Å². The van der Waals surface area contributed by atoms with Gasteiger partial charge in [-0.1, -0.05) is 255 Å². The van der Waals surface area contributed by atoms with Crippen molar-refractivity contribution in [2.24, 2.45) is 0 Å². The van der Waals surface area contributed by atoms with E-state index in [-0.39, 0.29) is 19.1 Å². The normalized spacial score (nSPS) is 14.3. The molecule has 2 N–H and O–H groups in total. The van der Waals surface area contributed by atoms with Gasteiger partial charge in [-0.25, -0.2) is 0 Å². The zero-order valence-electron chi connectivity index (χ0n) is 44.9. The van der Waals surface area contributed by atoms with Crippen molar-refractivity contribution in [2.75, 3.05) is 40.9 Å². The number of aliphatic hydroxyl groups excluding tert-OH is 1. The minimum absolute atomic E-state index is 0.00570. The van der Waals surface area contributed by atoms with Gasteiger partial charge in [0.15, 0.2) is 0 Å². The van der Waals surface area contributed by atoms with Gasteiger partial charge in [0.2, 0.25) is 5.91 Å². The molecule has 3 atom stereocenters. The number of hydrogen-bond acceptors (Lipinski definition) is 6. The lowest BCUT2D eigenvalue weighted by Gasteiger charge is -2.29. The van der Waals surface area contributed by atoms with Crippen LogP contribution in [0.3, 0.4) is 0 Å². The fraction of sp³-hybridized carbons (Fsp3) is 0.845. The number of phosphoric ester groups is 1. The Hall–Kier alpha value is -1.54. The summed E-state index contributed by atoms with van der Waals surface area (Å²) >= 11 is 0. The second-order valence-electron chi connectivity index (χ2n) is 20.6. The average molecular weight is 964 g/mol. The number of rotatable bonds is 52. The quantitative estimate of drug-likeness (QED) is 0.0272. The topological polar surface area (TPSA) is 108 Å². The first-order valence-electron chi connectivity index (χ1n) is 28.5. The third kappa shape index (κ3) is 52.1. The van der Waals surface area contributed by atoms with E-state index in [9.17, 15) is 19.4 Å². The molecule has 394 valence electrons. The Morgan fingerprint density at radius 2 is 0.910 bits per heavy atom. The molecule has 0 saturated carbocycles. The van der Waals surface area contributed by atoms with Crippen molar-refractivity contribution in [3.8, 4) is 0 Å². The number of unbranched alkanes of at least 4 members (excludes halogenated alkanes) is 33. The largest absolute Gasteiger partial charge is 0.756 e. The van der Waals surface area contributed by atoms with Gasteiger partial charge in [0.05, 0.1) is 39.9 Å². The summed E-state index contributed by atoms with van der Waals surface area (Å²) in [6.45, 7) is 4.54. The highest BCUT2D eigenvalue weighted by Crippen LogP contribution is 2.38. The second kappa shape index (κ2) is 49.4. The van der Waals surface area contributed by atoms with E-state index in [1.807, 2.05) is 27.2 Å². The fourth-order valence-electron chi connectivity index (χ4n) is 8.35. The summed E-state index contributed by atoms with van der Waals surface area (Å²) in [4.78, 5) is 25.4. The molecule has 0 saturated heterocycles. The Bertz CT molecular complexity index is 1230. The van der Waals surface area contributed by atoms with E-state index in [2.05, 4.69) is 55.6 Å². The van der Waals surface area contributed by atoms with Crippen LogP contribution in [0.4, 0.5) is 0 Å². The van der Waals surface area contributed by atoms with E-state index in [0.29, 0.717) is 17.4 Å². The van der Waals surface area contributed by atoms with Crippen LogP contribution >= 0.6 is 7.82 Å². The van der Waals surface area contributed by atoms with Crippen LogP contribution < -0.4 is 10.2 Å². The summed E-state index contributed by atoms with van der Waals surface area (Å²) in [5.74, 6) is -0.213. The van der Waals surface area contributed by atoms with E-state index in [4.69, 9.17) is 9.05 Å². The van der Waals surface area contributed by atoms with E-state index < -0.39 is 20.0 Å². The molecule has 0 aromatic heterocycles. The van der Waals surface area contributed by atoms with Gasteiger partial charge in [-0.05, 0) is 51.4 Å². The molecule has 0 spiro atoms. The van der Waals surface area contributed by atoms with Crippen LogP contribution in [0.1, 0.15) is 264 Å². The highest BCUT2D eigenvalue weighted by atomic mass is 31.2. The number of aliphatic hydroxyl groups is 1. The number of likely N-dealkylation sites (N-methyl/N-ethyl adjacent to an activating group) is 1. The average Bonchev–Trinajstić information content (AvgIpc) is 3.29. The Morgan fingerprint density at radius 3 is 1.33 bits per heavy atom. The number of nitrogens with one attached hydrogen (secondary N) is 1. The SMILES string of the molecule is CC/C=C\C/C=C\C/C=C\CCCCCCCC(=O)NC(COP(=O)([O-])OCC[N+](C)(C)C)C(O)/C=C/CCCCCCCCCCCCCCCCCCCCCCCCCCCCCC. The number of amides is 1. The standard InChI is InChI=1S/C58H111N2O6P/c1-6-8-10-12-14-16-18-20-22-23-24-25-26-27-28-29-30-31-32-33-34-35-36-38-39-41-43-45-47-49-51-57(61)56(55-66-67(63,64)65-54-53-60(3,4)5)59-58(62)52-50-48-46-44-42-40-37-21-19-17-15-13-11-9-7-2/h9,11,15,17,21,37,49,51,56-57,61H,6-8,10,12-14,16,18-20,22-36,38-48,50,52-55H2,1-5H3,(H-,59,62,63,64)/b11-9-,17-15-,37-21-,51-49+. The smallest absolute Gasteiger partial charge is 0.268 e. The van der Waals surface area contributed by atoms with Crippen molar-refractivity contribution in [3.63, 3.8) is 0 Å². The summed E-state index contributed by atoms with van der Waals surface area (Å²) in [6, 6.07) is -0.897. The Labute approximate surface area is 416 Å². The van der Waals surface area contributed by atoms with Crippen molar-refractivity contribution in [2.45, 2.75) is 276 Å². The Morgan fingerprint density at radius 1 is 0.537 bits per heavy atom. The maximum Gasteiger partial charge on any atom is 0.268 e. The summed E-state index contributed by atoms with van der Waals surface area (Å²) in [5.41, 5.74) is 0. The maximum absolute atomic E-state index is 12.9. The van der Waals surface area contributed by atoms with Crippen molar-refractivity contribution in [1.82, 2.24) is 5.32 Å². The van der Waals surface area contributed by atoms with Gasteiger partial charge in [0.1, 0.15) is 13.2 Å². The molecule has 9 heteroatoms. The zero-order valence-corrected chi connectivity index (χ0v) is 45.7. The van der Waals surface area contributed by atoms with Crippen molar-refractivity contribution < 1.29 is 32.9 Å². The fourth-order valence-corrected chi connectivity index (χ4v) is 9.07. The molecular formula is C58H111N2O6P. The van der Waals surface area contributed by atoms with Crippen LogP contribution in [0.15, 0.2) is 48.6 Å². The molecule has 8 nitrogen and oxygen atoms in total. The van der Waals surface area contributed by atoms with E-state index >= 15 is 0 Å². The van der Waals surface area contributed by atoms with Crippen LogP contribution in [0.25, 0.3) is 0 Å². The predicted molar refractivity (Wildman–Crippen MR) is 288 cm³/mol. The highest BCUT2D eigenvalue weighted by Gasteiger charge is 2.23. The Balaban J connectivity index is 4.13. The molecule has 0 aromatic carbocycles. The number of phosphoric acid groups is 1. The van der Waals surface area contributed by atoms with E-state index in [0.717, 1.165) is 77.0 Å². The van der Waals surface area contributed by atoms with Crippen LogP contribution in [-0.4, -0.2) is 68.5 Å². The molecule has 0 radical (unpaired) electrons. The molecule has 0 heterocycles. The number of allylic oxidation sites excluding steroid dienone is 7. The molecule has 0 bridgehead atoms. The van der Waals surface area contributed by atoms with Gasteiger partial charge < -0.3 is 28.8 Å². The van der Waals surface area contributed by atoms with E-state index in [1.165, 1.54) is 167 Å². The molecular weight excluding hydrogens is 852 g/mol. The van der Waals surface area contributed by atoms with Gasteiger partial charge in [0.25, 0.3) is 7.82 Å². The van der Waals surface area contributed by atoms with Crippen molar-refractivity contribution in [1.29, 1.82) is 0 Å². The predicted octanol–water partition coefficient (Wildman–Crippen LogP) is 16.5. The minimum atomic E-state index is -4.60. The molecule has 0 aliphatic carbocycles. The first-order valence-corrected chi connectivity index (χ1v) is 30.0. The van der Waals surface area contributed by atoms with Gasteiger partial charge in [-0.2, -0.15) is 0 Å². The lowest BCUT2D eigenvalue weighted by molar-refractivity contribution is -0.870. The van der Waals surface area contributed by atoms with Crippen LogP contribution in [0.2, 0.25) is 0 Å². The summed E-state index contributed by atoms with van der Waals surface area (Å²) in [6.07, 6.45) is 64.9. The lowest BCUT2D eigenvalue weighted by atomic mass is 10.0. The highest BCUT2D eigenvalue weighted by molar-refractivity contribution is 7.45. The maximum atomic E-state index is 12.9. The molecule has 0 aliphatic rings. The lowest BCUT2D eigenvalue weighted by Crippen LogP contribution is -2.45. The second-order valence-corrected chi connectivity index (χ2v) is 22.0. The van der Waals surface area contributed by atoms with Gasteiger partial charge in [-0.3, -0.25) is 9.36 Å². The van der Waals surface area contributed by atoms with Crippen molar-refractivity contribution >= 4 is 13.7 Å². The van der Waals surface area contributed by atoms with Crippen LogP contribution in [0, 0.1) is 0 Å². The third-order valence-electron chi connectivity index (χ3n) is 12.8. The molecule has 0 rings (SSSR count). The molecule has 67 heavy (non-hydrogen) atoms. The zero-order chi connectivity index (χ0) is 49.2. The number of carbonyl (C=O) groups is 1. The number of nitrogens with zero attached hydrogens (tertiary/aromatic N) is 1. The monoisotopic (exact) mass is 963 g/mol. The van der Waals surface area contributed by atoms with Crippen LogP contribution in [-0.2, 0) is 18.4 Å². The van der Waals surface area contributed by atoms with Gasteiger partial charge in [0, 0.05) is 6.42 Å².